The smallest absolute Gasteiger partial charge is 0.189 e. The lowest BCUT2D eigenvalue weighted by molar-refractivity contribution is 0.206. The zero-order valence-corrected chi connectivity index (χ0v) is 17.9. The monoisotopic (exact) mass is 454 g/mol. The number of nitrogens with zero attached hydrogens (tertiary/aromatic N) is 2. The number of rotatable bonds is 4. The van der Waals surface area contributed by atoms with E-state index in [9.17, 15) is 0 Å². The predicted octanol–water partition coefficient (Wildman–Crippen LogP) is 3.22. The summed E-state index contributed by atoms with van der Waals surface area (Å²) in [4.78, 5) is 7.12. The van der Waals surface area contributed by atoms with Crippen LogP contribution in [0.5, 0.6) is 0 Å². The van der Waals surface area contributed by atoms with E-state index in [0.29, 0.717) is 5.96 Å². The van der Waals surface area contributed by atoms with Crippen LogP contribution < -0.4 is 11.1 Å². The normalized spacial score (nSPS) is 18.1. The Kier molecular flexibility index (Phi) is 8.74. The Morgan fingerprint density at radius 3 is 2.44 bits per heavy atom. The Morgan fingerprint density at radius 1 is 1.32 bits per heavy atom. The van der Waals surface area contributed by atoms with E-state index in [1.807, 2.05) is 0 Å². The van der Waals surface area contributed by atoms with Gasteiger partial charge in [-0.1, -0.05) is 57.0 Å². The number of hydrogen-bond donors (Lipinski definition) is 2. The minimum Gasteiger partial charge on any atom is -0.370 e. The highest BCUT2D eigenvalue weighted by Gasteiger charge is 2.24. The summed E-state index contributed by atoms with van der Waals surface area (Å²) in [6, 6.07) is 10.8. The van der Waals surface area contributed by atoms with Gasteiger partial charge in [-0.15, -0.1) is 30.4 Å². The SMILES string of the molecule is C#CC(NC(N)=NC1CCN(Cc2ccccc2)CC1)C(C)(C)C.I. The number of benzene rings is 1. The van der Waals surface area contributed by atoms with Crippen molar-refractivity contribution in [1.29, 1.82) is 0 Å². The fourth-order valence-electron chi connectivity index (χ4n) is 2.94. The molecular formula is C20H31IN4. The molecule has 0 spiro atoms. The molecule has 0 radical (unpaired) electrons. The Hall–Kier alpha value is -1.26. The first-order valence-corrected chi connectivity index (χ1v) is 8.70. The van der Waals surface area contributed by atoms with Crippen molar-refractivity contribution in [3.05, 3.63) is 35.9 Å². The lowest BCUT2D eigenvalue weighted by Crippen LogP contribution is -2.47. The van der Waals surface area contributed by atoms with Crippen LogP contribution in [0.4, 0.5) is 0 Å². The van der Waals surface area contributed by atoms with E-state index in [1.165, 1.54) is 5.56 Å². The molecular weight excluding hydrogens is 423 g/mol. The first-order chi connectivity index (χ1) is 11.4. The van der Waals surface area contributed by atoms with Crippen LogP contribution in [0, 0.1) is 17.8 Å². The summed E-state index contributed by atoms with van der Waals surface area (Å²) in [7, 11) is 0. The van der Waals surface area contributed by atoms with Crippen LogP contribution in [0.15, 0.2) is 35.3 Å². The molecule has 5 heteroatoms. The quantitative estimate of drug-likeness (QED) is 0.318. The van der Waals surface area contributed by atoms with Gasteiger partial charge in [0.05, 0.1) is 12.1 Å². The van der Waals surface area contributed by atoms with Crippen molar-refractivity contribution >= 4 is 29.9 Å². The van der Waals surface area contributed by atoms with Crippen molar-refractivity contribution in [3.8, 4) is 12.3 Å². The molecule has 1 aliphatic rings. The molecule has 0 amide bonds. The van der Waals surface area contributed by atoms with Crippen molar-refractivity contribution in [1.82, 2.24) is 10.2 Å². The fourth-order valence-corrected chi connectivity index (χ4v) is 2.94. The van der Waals surface area contributed by atoms with Crippen LogP contribution >= 0.6 is 24.0 Å². The standard InChI is InChI=1S/C20H30N4.HI/c1-5-18(20(2,3)4)23-19(21)22-17-11-13-24(14-12-17)15-16-9-7-6-8-10-16;/h1,6-10,17-18H,11-15H2,2-4H3,(H3,21,22,23);1H. The number of halogens is 1. The van der Waals surface area contributed by atoms with E-state index in [-0.39, 0.29) is 41.5 Å². The van der Waals surface area contributed by atoms with Gasteiger partial charge in [0.2, 0.25) is 0 Å². The highest BCUT2D eigenvalue weighted by atomic mass is 127. The van der Waals surface area contributed by atoms with Gasteiger partial charge in [0, 0.05) is 19.6 Å². The van der Waals surface area contributed by atoms with Gasteiger partial charge in [0.15, 0.2) is 5.96 Å². The molecule has 0 saturated carbocycles. The molecule has 1 aliphatic heterocycles. The van der Waals surface area contributed by atoms with E-state index in [1.54, 1.807) is 0 Å². The third-order valence-electron chi connectivity index (χ3n) is 4.45. The van der Waals surface area contributed by atoms with Crippen LogP contribution in [-0.2, 0) is 6.54 Å². The summed E-state index contributed by atoms with van der Waals surface area (Å²) in [6.45, 7) is 9.40. The number of piperidine rings is 1. The molecule has 1 saturated heterocycles. The van der Waals surface area contributed by atoms with Gasteiger partial charge in [0.1, 0.15) is 0 Å². The van der Waals surface area contributed by atoms with Gasteiger partial charge in [-0.25, -0.2) is 0 Å². The van der Waals surface area contributed by atoms with Gasteiger partial charge < -0.3 is 11.1 Å². The molecule has 2 rings (SSSR count). The second-order valence-electron chi connectivity index (χ2n) is 7.62. The van der Waals surface area contributed by atoms with Crippen molar-refractivity contribution in [3.63, 3.8) is 0 Å². The first kappa shape index (κ1) is 21.8. The second kappa shape index (κ2) is 10.0. The van der Waals surface area contributed by atoms with E-state index in [0.717, 1.165) is 32.5 Å². The molecule has 1 atom stereocenters. The molecule has 1 aromatic rings. The molecule has 1 fully saturated rings. The Labute approximate surface area is 169 Å². The maximum Gasteiger partial charge on any atom is 0.189 e. The number of guanidine groups is 1. The average molecular weight is 454 g/mol. The van der Waals surface area contributed by atoms with Gasteiger partial charge >= 0.3 is 0 Å². The van der Waals surface area contributed by atoms with Crippen molar-refractivity contribution < 1.29 is 0 Å². The van der Waals surface area contributed by atoms with Crippen LogP contribution in [-0.4, -0.2) is 36.0 Å². The topological polar surface area (TPSA) is 53.6 Å². The summed E-state index contributed by atoms with van der Waals surface area (Å²) in [5, 5.41) is 3.18. The van der Waals surface area contributed by atoms with Gasteiger partial charge in [0.25, 0.3) is 0 Å². The highest BCUT2D eigenvalue weighted by Crippen LogP contribution is 2.19. The molecule has 3 N–H and O–H groups in total. The number of nitrogens with two attached hydrogens (primary N) is 1. The summed E-state index contributed by atoms with van der Waals surface area (Å²) in [5.74, 6) is 3.23. The number of nitrogens with one attached hydrogen (secondary N) is 1. The largest absolute Gasteiger partial charge is 0.370 e. The summed E-state index contributed by atoms with van der Waals surface area (Å²) >= 11 is 0. The number of aliphatic imine (C=N–C) groups is 1. The van der Waals surface area contributed by atoms with Gasteiger partial charge in [-0.2, -0.15) is 0 Å². The summed E-state index contributed by atoms with van der Waals surface area (Å²) in [6.07, 6.45) is 7.67. The molecule has 1 heterocycles. The maximum absolute atomic E-state index is 6.07. The Bertz CT molecular complexity index is 578. The third-order valence-corrected chi connectivity index (χ3v) is 4.45. The van der Waals surface area contributed by atoms with Crippen LogP contribution in [0.25, 0.3) is 0 Å². The van der Waals surface area contributed by atoms with Crippen LogP contribution in [0.3, 0.4) is 0 Å². The highest BCUT2D eigenvalue weighted by molar-refractivity contribution is 14.0. The third kappa shape index (κ3) is 7.25. The Morgan fingerprint density at radius 2 is 1.92 bits per heavy atom. The molecule has 138 valence electrons. The first-order valence-electron chi connectivity index (χ1n) is 8.70. The van der Waals surface area contributed by atoms with Crippen LogP contribution in [0.2, 0.25) is 0 Å². The minimum atomic E-state index is -0.112. The second-order valence-corrected chi connectivity index (χ2v) is 7.62. The summed E-state index contributed by atoms with van der Waals surface area (Å²) in [5.41, 5.74) is 7.38. The zero-order valence-electron chi connectivity index (χ0n) is 15.5. The molecule has 4 nitrogen and oxygen atoms in total. The van der Waals surface area contributed by atoms with E-state index in [4.69, 9.17) is 12.2 Å². The summed E-state index contributed by atoms with van der Waals surface area (Å²) < 4.78 is 0. The number of likely N-dealkylation sites (tertiary alicyclic amines) is 1. The molecule has 1 unspecified atom stereocenters. The molecule has 0 aromatic heterocycles. The Balaban J connectivity index is 0.00000312. The molecule has 25 heavy (non-hydrogen) atoms. The predicted molar refractivity (Wildman–Crippen MR) is 117 cm³/mol. The van der Waals surface area contributed by atoms with E-state index < -0.39 is 0 Å². The van der Waals surface area contributed by atoms with E-state index in [2.05, 4.69) is 72.2 Å². The lowest BCUT2D eigenvalue weighted by Gasteiger charge is -2.31. The van der Waals surface area contributed by atoms with Crippen molar-refractivity contribution in [2.24, 2.45) is 16.1 Å². The lowest BCUT2D eigenvalue weighted by atomic mass is 9.87. The van der Waals surface area contributed by atoms with Gasteiger partial charge in [-0.05, 0) is 23.8 Å². The minimum absolute atomic E-state index is 0. The van der Waals surface area contributed by atoms with Crippen molar-refractivity contribution in [2.45, 2.75) is 52.2 Å². The fraction of sp³-hybridized carbons (Fsp3) is 0.550. The van der Waals surface area contributed by atoms with Gasteiger partial charge in [-0.3, -0.25) is 9.89 Å². The van der Waals surface area contributed by atoms with Crippen LogP contribution in [0.1, 0.15) is 39.2 Å². The molecule has 1 aromatic carbocycles. The zero-order chi connectivity index (χ0) is 17.6. The molecule has 0 aliphatic carbocycles. The number of terminal acetylenes is 1. The number of hydrogen-bond acceptors (Lipinski definition) is 2. The van der Waals surface area contributed by atoms with E-state index >= 15 is 0 Å². The maximum atomic E-state index is 6.07. The van der Waals surface area contributed by atoms with Crippen molar-refractivity contribution in [2.75, 3.05) is 13.1 Å². The average Bonchev–Trinajstić information content (AvgIpc) is 2.54. The molecule has 0 bridgehead atoms.